The summed E-state index contributed by atoms with van der Waals surface area (Å²) in [5.41, 5.74) is 2.07. The summed E-state index contributed by atoms with van der Waals surface area (Å²) in [4.78, 5) is 40.2. The van der Waals surface area contributed by atoms with Crippen molar-refractivity contribution in [3.05, 3.63) is 69.6 Å². The van der Waals surface area contributed by atoms with Gasteiger partial charge in [0.1, 0.15) is 16.5 Å². The standard InChI is InChI=1S/C20H18ClN5O3S/c1-5-22-19-17(11(3)21)25-20(30-19)26-18(28)14-8-23-10(2)6-12(14)13-7-16(27)24-9-15(13)29-4/h5-9H,1H2,2-4H3,(H,24,27)(H,25,26,28)/b17-11-,22-19?. The highest BCUT2D eigenvalue weighted by Gasteiger charge is 2.25. The zero-order valence-electron chi connectivity index (χ0n) is 16.4. The minimum Gasteiger partial charge on any atom is -0.495 e. The van der Waals surface area contributed by atoms with E-state index in [0.717, 1.165) is 11.8 Å². The quantitative estimate of drug-likeness (QED) is 0.750. The number of aryl methyl sites for hydroxylation is 1. The van der Waals surface area contributed by atoms with Gasteiger partial charge in [-0.25, -0.2) is 9.98 Å². The lowest BCUT2D eigenvalue weighted by molar-refractivity contribution is 0.0978. The molecule has 2 aromatic heterocycles. The van der Waals surface area contributed by atoms with E-state index >= 15 is 0 Å². The third-order valence-corrected chi connectivity index (χ3v) is 5.10. The number of nitrogens with one attached hydrogen (secondary N) is 2. The maximum Gasteiger partial charge on any atom is 0.259 e. The average molecular weight is 444 g/mol. The number of pyridine rings is 2. The molecule has 8 nitrogen and oxygen atoms in total. The molecule has 0 saturated heterocycles. The molecule has 1 aliphatic heterocycles. The summed E-state index contributed by atoms with van der Waals surface area (Å²) in [7, 11) is 1.48. The molecule has 0 saturated carbocycles. The van der Waals surface area contributed by atoms with Crippen LogP contribution in [0.5, 0.6) is 5.75 Å². The van der Waals surface area contributed by atoms with E-state index in [0.29, 0.717) is 43.5 Å². The van der Waals surface area contributed by atoms with Crippen molar-refractivity contribution in [2.45, 2.75) is 13.8 Å². The molecule has 3 rings (SSSR count). The van der Waals surface area contributed by atoms with Gasteiger partial charge in [-0.2, -0.15) is 0 Å². The molecule has 0 atom stereocenters. The van der Waals surface area contributed by atoms with Crippen molar-refractivity contribution >= 4 is 39.5 Å². The van der Waals surface area contributed by atoms with E-state index < -0.39 is 5.91 Å². The molecule has 0 spiro atoms. The Hall–Kier alpha value is -3.17. The summed E-state index contributed by atoms with van der Waals surface area (Å²) in [6, 6.07) is 3.09. The summed E-state index contributed by atoms with van der Waals surface area (Å²) >= 11 is 7.24. The number of carbonyl (C=O) groups excluding carboxylic acids is 1. The monoisotopic (exact) mass is 443 g/mol. The number of amidine groups is 1. The molecule has 0 aliphatic carbocycles. The van der Waals surface area contributed by atoms with Gasteiger partial charge in [0, 0.05) is 46.5 Å². The van der Waals surface area contributed by atoms with Crippen LogP contribution in [0.25, 0.3) is 11.1 Å². The van der Waals surface area contributed by atoms with E-state index in [2.05, 4.69) is 31.8 Å². The van der Waals surface area contributed by atoms with Gasteiger partial charge in [0.15, 0.2) is 5.17 Å². The van der Waals surface area contributed by atoms with Crippen molar-refractivity contribution in [3.63, 3.8) is 0 Å². The maximum absolute atomic E-state index is 13.1. The first kappa shape index (κ1) is 21.5. The molecule has 0 unspecified atom stereocenters. The van der Waals surface area contributed by atoms with E-state index in [1.165, 1.54) is 31.8 Å². The van der Waals surface area contributed by atoms with Crippen molar-refractivity contribution in [1.29, 1.82) is 0 Å². The van der Waals surface area contributed by atoms with Crippen molar-refractivity contribution in [2.75, 3.05) is 7.11 Å². The Bertz CT molecular complexity index is 1180. The first-order valence-electron chi connectivity index (χ1n) is 8.71. The molecule has 30 heavy (non-hydrogen) atoms. The number of hydrogen-bond acceptors (Lipinski definition) is 7. The van der Waals surface area contributed by atoms with Gasteiger partial charge in [-0.15, -0.1) is 0 Å². The summed E-state index contributed by atoms with van der Waals surface area (Å²) in [6.45, 7) is 7.05. The largest absolute Gasteiger partial charge is 0.495 e. The van der Waals surface area contributed by atoms with Crippen molar-refractivity contribution in [3.8, 4) is 16.9 Å². The Kier molecular flexibility index (Phi) is 6.53. The smallest absolute Gasteiger partial charge is 0.259 e. The number of rotatable bonds is 4. The molecule has 2 aromatic rings. The van der Waals surface area contributed by atoms with E-state index in [9.17, 15) is 9.59 Å². The maximum atomic E-state index is 13.1. The molecule has 0 radical (unpaired) electrons. The van der Waals surface area contributed by atoms with Crippen LogP contribution in [0.2, 0.25) is 0 Å². The Balaban J connectivity index is 2.01. The van der Waals surface area contributed by atoms with Crippen LogP contribution in [0.15, 0.2) is 62.8 Å². The molecule has 2 N–H and O–H groups in total. The molecule has 10 heteroatoms. The fourth-order valence-corrected chi connectivity index (χ4v) is 3.80. The fourth-order valence-electron chi connectivity index (χ4n) is 2.73. The van der Waals surface area contributed by atoms with Gasteiger partial charge in [0.25, 0.3) is 5.91 Å². The van der Waals surface area contributed by atoms with Gasteiger partial charge in [-0.1, -0.05) is 18.2 Å². The van der Waals surface area contributed by atoms with Gasteiger partial charge >= 0.3 is 0 Å². The van der Waals surface area contributed by atoms with E-state index in [1.54, 1.807) is 19.9 Å². The number of ether oxygens (including phenoxy) is 1. The lowest BCUT2D eigenvalue weighted by Crippen LogP contribution is -2.28. The van der Waals surface area contributed by atoms with E-state index in [-0.39, 0.29) is 11.1 Å². The molecule has 0 aromatic carbocycles. The number of H-pyrrole nitrogens is 1. The lowest BCUT2D eigenvalue weighted by Gasteiger charge is -2.13. The highest BCUT2D eigenvalue weighted by molar-refractivity contribution is 8.27. The second kappa shape index (κ2) is 9.10. The Labute approximate surface area is 181 Å². The second-order valence-corrected chi connectivity index (χ2v) is 7.67. The van der Waals surface area contributed by atoms with Crippen LogP contribution < -0.4 is 15.6 Å². The molecule has 0 bridgehead atoms. The number of thioether (sulfide) groups is 1. The normalized spacial score (nSPS) is 16.3. The van der Waals surface area contributed by atoms with E-state index in [1.807, 2.05) is 0 Å². The van der Waals surface area contributed by atoms with Gasteiger partial charge in [-0.05, 0) is 31.7 Å². The SMILES string of the molecule is C=CN=C1SC(NC(=O)c2cnc(C)cc2-c2cc(=O)[nH]cc2OC)=N/C1=C(/C)Cl. The van der Waals surface area contributed by atoms with Crippen LogP contribution in [0, 0.1) is 6.92 Å². The number of aromatic amines is 1. The first-order chi connectivity index (χ1) is 14.3. The number of hydrogen-bond donors (Lipinski definition) is 2. The number of allylic oxidation sites excluding steroid dienone is 1. The zero-order valence-corrected chi connectivity index (χ0v) is 18.0. The Morgan fingerprint density at radius 1 is 1.40 bits per heavy atom. The number of halogens is 1. The number of aromatic nitrogens is 2. The Morgan fingerprint density at radius 3 is 2.83 bits per heavy atom. The summed E-state index contributed by atoms with van der Waals surface area (Å²) in [5.74, 6) is -0.0252. The zero-order chi connectivity index (χ0) is 21.8. The van der Waals surface area contributed by atoms with Gasteiger partial charge < -0.3 is 15.0 Å². The van der Waals surface area contributed by atoms with E-state index in [4.69, 9.17) is 16.3 Å². The molecular weight excluding hydrogens is 426 g/mol. The highest BCUT2D eigenvalue weighted by Crippen LogP contribution is 2.32. The van der Waals surface area contributed by atoms with Crippen LogP contribution in [0.4, 0.5) is 0 Å². The van der Waals surface area contributed by atoms with Gasteiger partial charge in [0.05, 0.1) is 12.7 Å². The lowest BCUT2D eigenvalue weighted by atomic mass is 10.0. The van der Waals surface area contributed by atoms with Gasteiger partial charge in [0.2, 0.25) is 5.56 Å². The van der Waals surface area contributed by atoms with Crippen molar-refractivity contribution in [1.82, 2.24) is 15.3 Å². The molecule has 154 valence electrons. The average Bonchev–Trinajstić information content (AvgIpc) is 3.10. The van der Waals surface area contributed by atoms with Crippen LogP contribution in [-0.2, 0) is 0 Å². The number of nitrogens with zero attached hydrogens (tertiary/aromatic N) is 3. The predicted molar refractivity (Wildman–Crippen MR) is 120 cm³/mol. The summed E-state index contributed by atoms with van der Waals surface area (Å²) < 4.78 is 5.35. The van der Waals surface area contributed by atoms with Crippen LogP contribution in [0.3, 0.4) is 0 Å². The third kappa shape index (κ3) is 4.52. The highest BCUT2D eigenvalue weighted by atomic mass is 35.5. The molecule has 1 amide bonds. The predicted octanol–water partition coefficient (Wildman–Crippen LogP) is 3.60. The van der Waals surface area contributed by atoms with Crippen molar-refractivity contribution < 1.29 is 9.53 Å². The minimum absolute atomic E-state index is 0.259. The number of aliphatic imine (C=N–C) groups is 2. The fraction of sp³-hybridized carbons (Fsp3) is 0.150. The molecular formula is C20H18ClN5O3S. The Morgan fingerprint density at radius 2 is 2.17 bits per heavy atom. The van der Waals surface area contributed by atoms with Crippen LogP contribution in [-0.4, -0.2) is 33.2 Å². The summed E-state index contributed by atoms with van der Waals surface area (Å²) in [6.07, 6.45) is 4.27. The molecule has 0 fully saturated rings. The molecule has 3 heterocycles. The molecule has 1 aliphatic rings. The van der Waals surface area contributed by atoms with Gasteiger partial charge in [-0.3, -0.25) is 14.6 Å². The van der Waals surface area contributed by atoms with Crippen molar-refractivity contribution in [2.24, 2.45) is 9.98 Å². The topological polar surface area (TPSA) is 109 Å². The number of carbonyl (C=O) groups is 1. The minimum atomic E-state index is -0.447. The number of amides is 1. The third-order valence-electron chi connectivity index (χ3n) is 4.05. The van der Waals surface area contributed by atoms with Crippen LogP contribution in [0.1, 0.15) is 23.0 Å². The van der Waals surface area contributed by atoms with Crippen LogP contribution >= 0.6 is 23.4 Å². The second-order valence-electron chi connectivity index (χ2n) is 6.12. The summed E-state index contributed by atoms with van der Waals surface area (Å²) in [5, 5.41) is 4.05. The number of methoxy groups -OCH3 is 1. The first-order valence-corrected chi connectivity index (χ1v) is 9.90.